The molecule has 7 heteroatoms. The molecule has 2 rings (SSSR count). The third-order valence-corrected chi connectivity index (χ3v) is 4.07. The molecule has 112 valence electrons. The van der Waals surface area contributed by atoms with Crippen LogP contribution in [0.4, 0.5) is 4.79 Å². The van der Waals surface area contributed by atoms with Crippen LogP contribution >= 0.6 is 0 Å². The highest BCUT2D eigenvalue weighted by atomic mass is 16.4. The summed E-state index contributed by atoms with van der Waals surface area (Å²) in [5.41, 5.74) is -1.14. The van der Waals surface area contributed by atoms with Crippen LogP contribution in [0.25, 0.3) is 0 Å². The van der Waals surface area contributed by atoms with Gasteiger partial charge in [-0.3, -0.25) is 4.79 Å². The van der Waals surface area contributed by atoms with Gasteiger partial charge in [0.05, 0.1) is 0 Å². The summed E-state index contributed by atoms with van der Waals surface area (Å²) in [6.07, 6.45) is 4.54. The first-order valence-corrected chi connectivity index (χ1v) is 7.11. The average Bonchev–Trinajstić information content (AvgIpc) is 2.42. The molecule has 0 radical (unpaired) electrons. The lowest BCUT2D eigenvalue weighted by Crippen LogP contribution is -2.60. The normalized spacial score (nSPS) is 25.4. The summed E-state index contributed by atoms with van der Waals surface area (Å²) >= 11 is 0. The summed E-state index contributed by atoms with van der Waals surface area (Å²) in [4.78, 5) is 34.5. The van der Waals surface area contributed by atoms with Crippen molar-refractivity contribution in [3.05, 3.63) is 0 Å². The van der Waals surface area contributed by atoms with Crippen molar-refractivity contribution in [1.29, 1.82) is 0 Å². The number of amides is 3. The second-order valence-electron chi connectivity index (χ2n) is 5.59. The standard InChI is InChI=1S/C13H21N3O4/c17-10-5-4-9(8-14-10)15-12(20)16-13(11(18)19)6-2-1-3-7-13/h9H,1-8H2,(H,14,17)(H,18,19)(H2,15,16,20). The fraction of sp³-hybridized carbons (Fsp3) is 0.769. The fourth-order valence-electron chi connectivity index (χ4n) is 2.84. The van der Waals surface area contributed by atoms with Gasteiger partial charge in [0.15, 0.2) is 0 Å². The van der Waals surface area contributed by atoms with Crippen LogP contribution in [-0.2, 0) is 9.59 Å². The summed E-state index contributed by atoms with van der Waals surface area (Å²) in [5.74, 6) is -0.984. The second-order valence-corrected chi connectivity index (χ2v) is 5.59. The van der Waals surface area contributed by atoms with E-state index in [9.17, 15) is 19.5 Å². The van der Waals surface area contributed by atoms with Crippen molar-refractivity contribution in [2.24, 2.45) is 0 Å². The van der Waals surface area contributed by atoms with Crippen LogP contribution in [-0.4, -0.2) is 41.1 Å². The first-order valence-electron chi connectivity index (χ1n) is 7.11. The van der Waals surface area contributed by atoms with E-state index in [-0.39, 0.29) is 11.9 Å². The van der Waals surface area contributed by atoms with Gasteiger partial charge in [-0.05, 0) is 19.3 Å². The summed E-state index contributed by atoms with van der Waals surface area (Å²) in [6.45, 7) is 0.395. The maximum atomic E-state index is 12.0. The molecular formula is C13H21N3O4. The van der Waals surface area contributed by atoms with Gasteiger partial charge in [0, 0.05) is 19.0 Å². The van der Waals surface area contributed by atoms with Crippen molar-refractivity contribution in [3.63, 3.8) is 0 Å². The number of carbonyl (C=O) groups excluding carboxylic acids is 2. The first-order chi connectivity index (χ1) is 9.52. The van der Waals surface area contributed by atoms with Crippen LogP contribution in [0.3, 0.4) is 0 Å². The van der Waals surface area contributed by atoms with Gasteiger partial charge in [-0.1, -0.05) is 19.3 Å². The van der Waals surface area contributed by atoms with Crippen LogP contribution in [0.2, 0.25) is 0 Å². The van der Waals surface area contributed by atoms with Gasteiger partial charge in [-0.25, -0.2) is 9.59 Å². The third-order valence-electron chi connectivity index (χ3n) is 4.07. The Bertz CT molecular complexity index is 394. The van der Waals surface area contributed by atoms with Gasteiger partial charge in [-0.15, -0.1) is 0 Å². The van der Waals surface area contributed by atoms with Gasteiger partial charge in [0.25, 0.3) is 0 Å². The second kappa shape index (κ2) is 6.11. The van der Waals surface area contributed by atoms with Crippen LogP contribution in [0.1, 0.15) is 44.9 Å². The Morgan fingerprint density at radius 1 is 1.25 bits per heavy atom. The topological polar surface area (TPSA) is 108 Å². The number of carboxylic acids is 1. The van der Waals surface area contributed by atoms with E-state index < -0.39 is 17.5 Å². The maximum Gasteiger partial charge on any atom is 0.329 e. The Morgan fingerprint density at radius 3 is 2.50 bits per heavy atom. The van der Waals surface area contributed by atoms with Gasteiger partial charge in [0.1, 0.15) is 5.54 Å². The zero-order chi connectivity index (χ0) is 14.6. The molecule has 0 aromatic carbocycles. The highest BCUT2D eigenvalue weighted by molar-refractivity contribution is 5.86. The van der Waals surface area contributed by atoms with Crippen molar-refractivity contribution >= 4 is 17.9 Å². The maximum absolute atomic E-state index is 12.0. The van der Waals surface area contributed by atoms with E-state index >= 15 is 0 Å². The molecule has 3 amide bonds. The average molecular weight is 283 g/mol. The molecular weight excluding hydrogens is 262 g/mol. The number of nitrogens with one attached hydrogen (secondary N) is 3. The van der Waals surface area contributed by atoms with Crippen molar-refractivity contribution < 1.29 is 19.5 Å². The number of urea groups is 1. The molecule has 1 saturated heterocycles. The third kappa shape index (κ3) is 3.40. The van der Waals surface area contributed by atoms with E-state index in [4.69, 9.17) is 0 Å². The van der Waals surface area contributed by atoms with E-state index in [1.54, 1.807) is 0 Å². The molecule has 1 saturated carbocycles. The minimum atomic E-state index is -1.14. The molecule has 0 aromatic heterocycles. The predicted molar refractivity (Wildman–Crippen MR) is 71.2 cm³/mol. The van der Waals surface area contributed by atoms with Crippen LogP contribution in [0.5, 0.6) is 0 Å². The Hall–Kier alpha value is -1.79. The van der Waals surface area contributed by atoms with Crippen LogP contribution in [0, 0.1) is 0 Å². The predicted octanol–water partition coefficient (Wildman–Crippen LogP) is 0.352. The zero-order valence-electron chi connectivity index (χ0n) is 11.4. The molecule has 1 aliphatic carbocycles. The van der Waals surface area contributed by atoms with Crippen molar-refractivity contribution in [3.8, 4) is 0 Å². The molecule has 1 atom stereocenters. The van der Waals surface area contributed by atoms with E-state index in [0.29, 0.717) is 32.2 Å². The lowest BCUT2D eigenvalue weighted by molar-refractivity contribution is -0.145. The largest absolute Gasteiger partial charge is 0.480 e. The van der Waals surface area contributed by atoms with Crippen molar-refractivity contribution in [2.75, 3.05) is 6.54 Å². The molecule has 1 aliphatic heterocycles. The quantitative estimate of drug-likeness (QED) is 0.599. The molecule has 2 aliphatic rings. The minimum absolute atomic E-state index is 0.0160. The van der Waals surface area contributed by atoms with E-state index in [2.05, 4.69) is 16.0 Å². The fourth-order valence-corrected chi connectivity index (χ4v) is 2.84. The summed E-state index contributed by atoms with van der Waals surface area (Å²) in [5, 5.41) is 17.4. The van der Waals surface area contributed by atoms with E-state index in [1.807, 2.05) is 0 Å². The van der Waals surface area contributed by atoms with Crippen molar-refractivity contribution in [2.45, 2.75) is 56.5 Å². The van der Waals surface area contributed by atoms with E-state index in [0.717, 1.165) is 19.3 Å². The monoisotopic (exact) mass is 283 g/mol. The highest BCUT2D eigenvalue weighted by Gasteiger charge is 2.41. The Balaban J connectivity index is 1.88. The molecule has 20 heavy (non-hydrogen) atoms. The smallest absolute Gasteiger partial charge is 0.329 e. The number of aliphatic carboxylic acids is 1. The molecule has 2 fully saturated rings. The van der Waals surface area contributed by atoms with Crippen molar-refractivity contribution in [1.82, 2.24) is 16.0 Å². The Kier molecular flexibility index (Phi) is 4.46. The lowest BCUT2D eigenvalue weighted by atomic mass is 9.82. The zero-order valence-corrected chi connectivity index (χ0v) is 11.4. The summed E-state index contributed by atoms with van der Waals surface area (Å²) in [7, 11) is 0. The summed E-state index contributed by atoms with van der Waals surface area (Å²) in [6, 6.07) is -0.599. The van der Waals surface area contributed by atoms with Gasteiger partial charge in [-0.2, -0.15) is 0 Å². The molecule has 0 bridgehead atoms. The molecule has 0 aromatic rings. The Labute approximate surface area is 117 Å². The number of piperidine rings is 1. The van der Waals surface area contributed by atoms with Gasteiger partial charge >= 0.3 is 12.0 Å². The molecule has 1 unspecified atom stereocenters. The number of hydrogen-bond donors (Lipinski definition) is 4. The number of carbonyl (C=O) groups is 3. The van der Waals surface area contributed by atoms with Crippen LogP contribution < -0.4 is 16.0 Å². The van der Waals surface area contributed by atoms with Gasteiger partial charge in [0.2, 0.25) is 5.91 Å². The number of carboxylic acid groups (broad SMARTS) is 1. The SMILES string of the molecule is O=C1CCC(NC(=O)NC2(C(=O)O)CCCCC2)CN1. The van der Waals surface area contributed by atoms with E-state index in [1.165, 1.54) is 0 Å². The summed E-state index contributed by atoms with van der Waals surface area (Å²) < 4.78 is 0. The molecule has 1 heterocycles. The molecule has 7 nitrogen and oxygen atoms in total. The van der Waals surface area contributed by atoms with Gasteiger partial charge < -0.3 is 21.1 Å². The molecule has 4 N–H and O–H groups in total. The number of rotatable bonds is 3. The minimum Gasteiger partial charge on any atom is -0.480 e. The first kappa shape index (κ1) is 14.6. The molecule has 0 spiro atoms. The lowest BCUT2D eigenvalue weighted by Gasteiger charge is -2.34. The number of hydrogen-bond acceptors (Lipinski definition) is 3. The Morgan fingerprint density at radius 2 is 1.95 bits per heavy atom. The van der Waals surface area contributed by atoms with Crippen LogP contribution in [0.15, 0.2) is 0 Å². The highest BCUT2D eigenvalue weighted by Crippen LogP contribution is 2.28.